The molecule has 0 saturated heterocycles. The second-order valence-corrected chi connectivity index (χ2v) is 1.44. The highest BCUT2D eigenvalue weighted by Gasteiger charge is 2.24. The number of hydrogen-bond donors (Lipinski definition) is 3. The number of aliphatic hydroxyl groups is 3. The summed E-state index contributed by atoms with van der Waals surface area (Å²) in [6, 6.07) is -0.980. The van der Waals surface area contributed by atoms with E-state index in [4.69, 9.17) is 12.5 Å². The molecule has 3 heteroatoms. The van der Waals surface area contributed by atoms with Crippen LogP contribution in [0, 0.1) is 0 Å². The maximum atomic E-state index is 7.68. The van der Waals surface area contributed by atoms with E-state index in [0.29, 0.717) is 6.08 Å². The van der Waals surface area contributed by atoms with Gasteiger partial charge in [0.1, 0.15) is 12.2 Å². The Bertz CT molecular complexity index is 375. The maximum absolute atomic E-state index is 7.68. The lowest BCUT2D eigenvalue weighted by Crippen LogP contribution is -2.38. The Hall–Kier alpha value is -0.380. The van der Waals surface area contributed by atoms with Crippen molar-refractivity contribution in [3.05, 3.63) is 12.1 Å². The predicted molar refractivity (Wildman–Crippen MR) is 31.8 cm³/mol. The lowest BCUT2D eigenvalue weighted by Gasteiger charge is -2.23. The average molecular weight is 139 g/mol. The third kappa shape index (κ3) is 1.30. The standard InChI is InChI=1S/C6H10O3/c7-4-2-1-3-5(8)6(4)9/h1-2,4-9H,3H2/i1D,3D2,4D,5D,6D,7D,8D,9D. The topological polar surface area (TPSA) is 60.7 Å². The molecule has 0 aromatic heterocycles. The van der Waals surface area contributed by atoms with Gasteiger partial charge in [0.15, 0.2) is 0 Å². The van der Waals surface area contributed by atoms with Crippen LogP contribution >= 0.6 is 0 Å². The van der Waals surface area contributed by atoms with Crippen LogP contribution in [0.4, 0.5) is 0 Å². The van der Waals surface area contributed by atoms with Gasteiger partial charge in [-0.2, -0.15) is 0 Å². The van der Waals surface area contributed by atoms with Crippen LogP contribution in [0.15, 0.2) is 12.1 Å². The van der Waals surface area contributed by atoms with Gasteiger partial charge in [-0.05, 0) is 6.37 Å². The van der Waals surface area contributed by atoms with Crippen LogP contribution in [0.5, 0.6) is 0 Å². The highest BCUT2D eigenvalue weighted by molar-refractivity contribution is 5.01. The van der Waals surface area contributed by atoms with Gasteiger partial charge in [0.2, 0.25) is 4.29 Å². The summed E-state index contributed by atoms with van der Waals surface area (Å²) < 4.78 is 65.5. The lowest BCUT2D eigenvalue weighted by atomic mass is 9.99. The Labute approximate surface area is 66.2 Å². The third-order valence-electron chi connectivity index (χ3n) is 0.819. The minimum absolute atomic E-state index is 0.424. The van der Waals surface area contributed by atoms with Crippen LogP contribution in [-0.2, 0) is 0 Å². The molecular formula is C6H10O3. The molecule has 9 heavy (non-hydrogen) atoms. The fourth-order valence-electron chi connectivity index (χ4n) is 0.401. The first kappa shape index (κ1) is 1.61. The highest BCUT2D eigenvalue weighted by Crippen LogP contribution is 2.11. The Morgan fingerprint density at radius 1 is 1.78 bits per heavy atom. The van der Waals surface area contributed by atoms with E-state index in [1.807, 2.05) is 0 Å². The molecule has 1 aliphatic rings. The smallest absolute Gasteiger partial charge is 0.211 e. The van der Waals surface area contributed by atoms with Gasteiger partial charge in [0.05, 0.1) is 11.6 Å². The van der Waals surface area contributed by atoms with Crippen molar-refractivity contribution in [1.82, 2.24) is 0 Å². The monoisotopic (exact) mass is 139 g/mol. The first-order valence-corrected chi connectivity index (χ1v) is 2.19. The molecule has 1 aliphatic carbocycles. The lowest BCUT2D eigenvalue weighted by molar-refractivity contribution is -0.0453. The van der Waals surface area contributed by atoms with Crippen molar-refractivity contribution in [2.45, 2.75) is 24.6 Å². The van der Waals surface area contributed by atoms with Crippen LogP contribution in [0.2, 0.25) is 0 Å². The van der Waals surface area contributed by atoms with E-state index in [0.717, 1.165) is 0 Å². The summed E-state index contributed by atoms with van der Waals surface area (Å²) in [6.45, 7) is 0. The zero-order valence-electron chi connectivity index (χ0n) is 13.3. The van der Waals surface area contributed by atoms with Crippen LogP contribution in [0.3, 0.4) is 0 Å². The second-order valence-electron chi connectivity index (χ2n) is 1.44. The fraction of sp³-hybridized carbons (Fsp3) is 0.667. The minimum atomic E-state index is -3.25. The third-order valence-corrected chi connectivity index (χ3v) is 0.819. The molecule has 0 aromatic rings. The molecule has 0 amide bonds. The molecule has 0 aliphatic heterocycles. The van der Waals surface area contributed by atoms with Crippen molar-refractivity contribution in [3.8, 4) is 0 Å². The maximum Gasteiger partial charge on any atom is 0.211 e. The summed E-state index contributed by atoms with van der Waals surface area (Å²) in [6.07, 6.45) is -11.9. The van der Waals surface area contributed by atoms with Crippen molar-refractivity contribution in [2.24, 2.45) is 0 Å². The molecule has 0 heterocycles. The van der Waals surface area contributed by atoms with Crippen molar-refractivity contribution < 1.29 is 23.6 Å². The Morgan fingerprint density at radius 3 is 3.44 bits per heavy atom. The molecule has 3 unspecified atom stereocenters. The molecule has 0 saturated carbocycles. The Morgan fingerprint density at radius 2 is 2.78 bits per heavy atom. The van der Waals surface area contributed by atoms with Crippen molar-refractivity contribution >= 4 is 0 Å². The molecule has 0 bridgehead atoms. The summed E-state index contributed by atoms with van der Waals surface area (Å²) in [7, 11) is 0. The van der Waals surface area contributed by atoms with Gasteiger partial charge in [-0.25, -0.2) is 0 Å². The zero-order valence-corrected chi connectivity index (χ0v) is 4.30. The average Bonchev–Trinajstić information content (AvgIpc) is 2.34. The summed E-state index contributed by atoms with van der Waals surface area (Å²) in [5, 5.41) is 11.6. The summed E-state index contributed by atoms with van der Waals surface area (Å²) in [5.41, 5.74) is 0. The molecular weight excluding hydrogens is 120 g/mol. The van der Waals surface area contributed by atoms with E-state index in [-0.39, 0.29) is 0 Å². The van der Waals surface area contributed by atoms with Crippen LogP contribution in [0.1, 0.15) is 14.6 Å². The van der Waals surface area contributed by atoms with Gasteiger partial charge in [-0.15, -0.1) is 0 Å². The van der Waals surface area contributed by atoms with Crippen LogP contribution < -0.4 is 0 Å². The van der Waals surface area contributed by atoms with E-state index in [1.165, 1.54) is 0 Å². The highest BCUT2D eigenvalue weighted by atomic mass is 16.4. The van der Waals surface area contributed by atoms with Crippen molar-refractivity contribution in [2.75, 3.05) is 0 Å². The molecule has 3 atom stereocenters. The molecule has 0 spiro atoms. The van der Waals surface area contributed by atoms with E-state index in [1.54, 1.807) is 0 Å². The number of hydrogen-bond acceptors (Lipinski definition) is 3. The quantitative estimate of drug-likeness (QED) is 0.441. The minimum Gasteiger partial charge on any atom is -0.390 e. The second kappa shape index (κ2) is 2.47. The SMILES string of the molecule is [2H]OC1([2H])C=C([2H])C([2H])([2H])C([2H])(O[2H])C1([2H])O[2H]. The van der Waals surface area contributed by atoms with Gasteiger partial charge in [0, 0.05) is 2.74 Å². The molecule has 3 N–H and O–H groups in total. The number of rotatable bonds is 3. The zero-order chi connectivity index (χ0) is 14.4. The normalized spacial score (nSPS) is 88.4. The Balaban J connectivity index is 3.63. The van der Waals surface area contributed by atoms with Gasteiger partial charge in [0.25, 0.3) is 0 Å². The largest absolute Gasteiger partial charge is 0.390 e. The fourth-order valence-corrected chi connectivity index (χ4v) is 0.401. The molecule has 3 nitrogen and oxygen atoms in total. The summed E-state index contributed by atoms with van der Waals surface area (Å²) >= 11 is 0. The van der Waals surface area contributed by atoms with Crippen LogP contribution in [0.25, 0.3) is 0 Å². The van der Waals surface area contributed by atoms with E-state index >= 15 is 0 Å². The van der Waals surface area contributed by atoms with Crippen LogP contribution in [-0.4, -0.2) is 37.9 Å². The van der Waals surface area contributed by atoms with E-state index < -0.39 is 30.7 Å². The summed E-state index contributed by atoms with van der Waals surface area (Å²) in [5.74, 6) is 0. The molecule has 1 rings (SSSR count). The first-order chi connectivity index (χ1) is 8.06. The van der Waals surface area contributed by atoms with E-state index in [9.17, 15) is 0 Å². The van der Waals surface area contributed by atoms with Gasteiger partial charge in [-0.1, -0.05) is 12.1 Å². The first-order valence-electron chi connectivity index (χ1n) is 6.41. The predicted octanol–water partition coefficient (Wildman–Crippen LogP) is -0.971. The molecule has 52 valence electrons. The van der Waals surface area contributed by atoms with Crippen molar-refractivity contribution in [3.63, 3.8) is 0 Å². The molecule has 0 radical (unpaired) electrons. The van der Waals surface area contributed by atoms with Crippen molar-refractivity contribution in [1.29, 1.82) is 4.29 Å². The Kier molecular flexibility index (Phi) is 0.443. The molecule has 0 aromatic carbocycles. The van der Waals surface area contributed by atoms with Gasteiger partial charge >= 0.3 is 0 Å². The summed E-state index contributed by atoms with van der Waals surface area (Å²) in [4.78, 5) is 0. The molecule has 0 fully saturated rings. The van der Waals surface area contributed by atoms with E-state index in [2.05, 4.69) is 15.3 Å². The van der Waals surface area contributed by atoms with Gasteiger partial charge in [-0.3, -0.25) is 0 Å². The van der Waals surface area contributed by atoms with Gasteiger partial charge < -0.3 is 15.3 Å².